The quantitative estimate of drug-likeness (QED) is 0.752. The predicted molar refractivity (Wildman–Crippen MR) is 81.8 cm³/mol. The van der Waals surface area contributed by atoms with E-state index in [9.17, 15) is 13.6 Å². The number of tetrazole rings is 1. The van der Waals surface area contributed by atoms with Gasteiger partial charge in [-0.15, -0.1) is 0 Å². The van der Waals surface area contributed by atoms with Gasteiger partial charge in [-0.05, 0) is 22.1 Å². The molecule has 25 heavy (non-hydrogen) atoms. The van der Waals surface area contributed by atoms with Crippen LogP contribution >= 0.6 is 0 Å². The number of hydrogen-bond donors (Lipinski definition) is 1. The van der Waals surface area contributed by atoms with Gasteiger partial charge in [0.05, 0.1) is 17.8 Å². The van der Waals surface area contributed by atoms with Crippen LogP contribution in [0.1, 0.15) is 23.5 Å². The van der Waals surface area contributed by atoms with Gasteiger partial charge in [0.1, 0.15) is 6.61 Å². The maximum absolute atomic E-state index is 13.6. The molecule has 1 aliphatic rings. The number of benzene rings is 1. The normalized spacial score (nSPS) is 18.3. The molecule has 1 aromatic carbocycles. The van der Waals surface area contributed by atoms with Crippen molar-refractivity contribution in [3.8, 4) is 11.6 Å². The highest BCUT2D eigenvalue weighted by atomic mass is 19.3. The van der Waals surface area contributed by atoms with Crippen LogP contribution in [0.15, 0.2) is 35.3 Å². The van der Waals surface area contributed by atoms with Crippen molar-refractivity contribution >= 4 is 0 Å². The fraction of sp³-hybridized carbons (Fsp3) is 0.333. The number of nitrogens with one attached hydrogen (secondary N) is 1. The highest BCUT2D eigenvalue weighted by molar-refractivity contribution is 5.49. The number of rotatable bonds is 5. The van der Waals surface area contributed by atoms with Crippen molar-refractivity contribution in [3.05, 3.63) is 52.1 Å². The topological polar surface area (TPSA) is 90.6 Å². The second kappa shape index (κ2) is 5.50. The van der Waals surface area contributed by atoms with Crippen LogP contribution in [-0.2, 0) is 13.7 Å². The number of alkyl halides is 2. The van der Waals surface area contributed by atoms with Crippen LogP contribution in [0.5, 0.6) is 5.88 Å². The number of aryl methyl sites for hydroxylation is 1. The molecule has 0 saturated heterocycles. The zero-order valence-electron chi connectivity index (χ0n) is 13.2. The molecule has 10 heteroatoms. The molecule has 1 N–H and O–H groups in total. The molecule has 0 spiro atoms. The summed E-state index contributed by atoms with van der Waals surface area (Å²) in [7, 11) is 1.46. The Hall–Kier alpha value is -3.04. The molecule has 1 saturated carbocycles. The lowest BCUT2D eigenvalue weighted by atomic mass is 10.0. The van der Waals surface area contributed by atoms with Crippen molar-refractivity contribution in [2.45, 2.75) is 24.9 Å². The lowest BCUT2D eigenvalue weighted by Gasteiger charge is -2.14. The first kappa shape index (κ1) is 15.5. The molecule has 1 fully saturated rings. The fourth-order valence-electron chi connectivity index (χ4n) is 2.76. The largest absolute Gasteiger partial charge is 0.473 e. The molecule has 2 heterocycles. The zero-order chi connectivity index (χ0) is 17.6. The standard InChI is InChI=1S/C15H14F2N6O2/c1-22-14(24)23(21-20-22)12-4-2-3-9(11-7-15(11,16)17)10(12)8-25-13-5-6-18-19-13/h2-6,11H,7-8H2,1H3,(H,18,19). The maximum Gasteiger partial charge on any atom is 0.368 e. The summed E-state index contributed by atoms with van der Waals surface area (Å²) in [6.07, 6.45) is 1.30. The molecule has 0 amide bonds. The van der Waals surface area contributed by atoms with Gasteiger partial charge in [-0.3, -0.25) is 0 Å². The van der Waals surface area contributed by atoms with Gasteiger partial charge in [-0.2, -0.15) is 14.5 Å². The summed E-state index contributed by atoms with van der Waals surface area (Å²) in [6, 6.07) is 6.50. The van der Waals surface area contributed by atoms with E-state index in [-0.39, 0.29) is 13.0 Å². The molecular weight excluding hydrogens is 334 g/mol. The number of ether oxygens (including phenoxy) is 1. The summed E-state index contributed by atoms with van der Waals surface area (Å²) in [6.45, 7) is -0.0106. The van der Waals surface area contributed by atoms with Crippen LogP contribution in [0.4, 0.5) is 8.78 Å². The number of aromatic amines is 1. The van der Waals surface area contributed by atoms with Gasteiger partial charge in [0, 0.05) is 25.1 Å². The minimum absolute atomic E-state index is 0.0106. The van der Waals surface area contributed by atoms with Crippen LogP contribution in [0.25, 0.3) is 5.69 Å². The van der Waals surface area contributed by atoms with E-state index in [0.29, 0.717) is 22.7 Å². The maximum atomic E-state index is 13.6. The molecule has 3 aromatic rings. The Morgan fingerprint density at radius 1 is 1.36 bits per heavy atom. The Kier molecular flexibility index (Phi) is 3.41. The van der Waals surface area contributed by atoms with Crippen molar-refractivity contribution < 1.29 is 13.5 Å². The van der Waals surface area contributed by atoms with Crippen molar-refractivity contribution in [2.75, 3.05) is 0 Å². The Morgan fingerprint density at radius 3 is 2.76 bits per heavy atom. The molecule has 4 rings (SSSR count). The Balaban J connectivity index is 1.79. The van der Waals surface area contributed by atoms with E-state index >= 15 is 0 Å². The number of H-pyrrole nitrogens is 1. The van der Waals surface area contributed by atoms with E-state index in [0.717, 1.165) is 9.36 Å². The van der Waals surface area contributed by atoms with Crippen LogP contribution in [-0.4, -0.2) is 35.9 Å². The Bertz CT molecular complexity index is 963. The SMILES string of the molecule is Cn1nnn(-c2cccc(C3CC3(F)F)c2COc2ccn[nH]2)c1=O. The van der Waals surface area contributed by atoms with E-state index in [1.54, 1.807) is 24.3 Å². The van der Waals surface area contributed by atoms with E-state index in [2.05, 4.69) is 20.6 Å². The van der Waals surface area contributed by atoms with E-state index in [1.165, 1.54) is 13.2 Å². The van der Waals surface area contributed by atoms with Crippen LogP contribution < -0.4 is 10.4 Å². The minimum Gasteiger partial charge on any atom is -0.473 e. The van der Waals surface area contributed by atoms with Crippen molar-refractivity contribution in [2.24, 2.45) is 7.05 Å². The number of hydrogen-bond acceptors (Lipinski definition) is 5. The molecular formula is C15H14F2N6O2. The number of nitrogens with zero attached hydrogens (tertiary/aromatic N) is 5. The zero-order valence-corrected chi connectivity index (χ0v) is 13.2. The first-order chi connectivity index (χ1) is 12.0. The second-order valence-corrected chi connectivity index (χ2v) is 5.87. The van der Waals surface area contributed by atoms with Crippen molar-refractivity contribution in [1.82, 2.24) is 30.0 Å². The summed E-state index contributed by atoms with van der Waals surface area (Å²) in [5.41, 5.74) is 0.821. The molecule has 1 unspecified atom stereocenters. The second-order valence-electron chi connectivity index (χ2n) is 5.87. The molecule has 130 valence electrons. The van der Waals surface area contributed by atoms with E-state index in [4.69, 9.17) is 4.74 Å². The summed E-state index contributed by atoms with van der Waals surface area (Å²) in [4.78, 5) is 12.2. The summed E-state index contributed by atoms with van der Waals surface area (Å²) in [5.74, 6) is -3.23. The number of halogens is 2. The van der Waals surface area contributed by atoms with Gasteiger partial charge in [0.15, 0.2) is 0 Å². The first-order valence-corrected chi connectivity index (χ1v) is 7.58. The van der Waals surface area contributed by atoms with Gasteiger partial charge in [0.25, 0.3) is 5.92 Å². The smallest absolute Gasteiger partial charge is 0.368 e. The number of aromatic nitrogens is 6. The fourth-order valence-corrected chi connectivity index (χ4v) is 2.76. The lowest BCUT2D eigenvalue weighted by Crippen LogP contribution is -2.23. The van der Waals surface area contributed by atoms with E-state index < -0.39 is 17.5 Å². The van der Waals surface area contributed by atoms with Gasteiger partial charge >= 0.3 is 5.69 Å². The van der Waals surface area contributed by atoms with Gasteiger partial charge in [0.2, 0.25) is 5.88 Å². The molecule has 8 nitrogen and oxygen atoms in total. The summed E-state index contributed by atoms with van der Waals surface area (Å²) in [5, 5.41) is 13.9. The van der Waals surface area contributed by atoms with E-state index in [1.807, 2.05) is 0 Å². The predicted octanol–water partition coefficient (Wildman–Crippen LogP) is 1.39. The highest BCUT2D eigenvalue weighted by Gasteiger charge is 2.58. The van der Waals surface area contributed by atoms with Gasteiger partial charge in [-0.1, -0.05) is 12.1 Å². The third-order valence-corrected chi connectivity index (χ3v) is 4.19. The molecule has 0 bridgehead atoms. The summed E-state index contributed by atoms with van der Waals surface area (Å²) >= 11 is 0. The third-order valence-electron chi connectivity index (χ3n) is 4.19. The van der Waals surface area contributed by atoms with Crippen molar-refractivity contribution in [1.29, 1.82) is 0 Å². The molecule has 1 atom stereocenters. The summed E-state index contributed by atoms with van der Waals surface area (Å²) < 4.78 is 35.0. The Labute approximate surface area is 140 Å². The average Bonchev–Trinajstić information content (AvgIpc) is 2.95. The van der Waals surface area contributed by atoms with Crippen LogP contribution in [0, 0.1) is 0 Å². The molecule has 1 aliphatic carbocycles. The van der Waals surface area contributed by atoms with Crippen LogP contribution in [0.3, 0.4) is 0 Å². The molecule has 2 aromatic heterocycles. The third kappa shape index (κ3) is 2.69. The lowest BCUT2D eigenvalue weighted by molar-refractivity contribution is 0.112. The van der Waals surface area contributed by atoms with Gasteiger partial charge < -0.3 is 4.74 Å². The average molecular weight is 348 g/mol. The molecule has 0 radical (unpaired) electrons. The van der Waals surface area contributed by atoms with Crippen LogP contribution in [0.2, 0.25) is 0 Å². The Morgan fingerprint density at radius 2 is 2.16 bits per heavy atom. The van der Waals surface area contributed by atoms with Crippen molar-refractivity contribution in [3.63, 3.8) is 0 Å². The monoisotopic (exact) mass is 348 g/mol. The van der Waals surface area contributed by atoms with Gasteiger partial charge in [-0.25, -0.2) is 18.7 Å². The highest BCUT2D eigenvalue weighted by Crippen LogP contribution is 2.56. The molecule has 0 aliphatic heterocycles. The minimum atomic E-state index is -2.74. The first-order valence-electron chi connectivity index (χ1n) is 7.58.